The number of nitrogens with zero attached hydrogens (tertiary/aromatic N) is 3. The van der Waals surface area contributed by atoms with Gasteiger partial charge in [-0.05, 0) is 32.1 Å². The number of aryl methyl sites for hydroxylation is 1. The molecule has 0 bridgehead atoms. The second-order valence-corrected chi connectivity index (χ2v) is 5.55. The molecule has 1 aromatic heterocycles. The molecule has 1 heterocycles. The SMILES string of the molecule is Cc1cc([N+](=O)[O-])nn1CC(C)C(=O)NCCCOC(C)C. The zero-order valence-electron chi connectivity index (χ0n) is 13.5. The molecule has 1 rings (SSSR count). The molecule has 8 nitrogen and oxygen atoms in total. The molecule has 8 heteroatoms. The standard InChI is InChI=1S/C14H24N4O4/c1-10(2)22-7-5-6-15-14(19)11(3)9-17-12(4)8-13(16-17)18(20)21/h8,10-11H,5-7,9H2,1-4H3,(H,15,19). The average Bonchev–Trinajstić information content (AvgIpc) is 2.79. The van der Waals surface area contributed by atoms with E-state index in [9.17, 15) is 14.9 Å². The molecule has 22 heavy (non-hydrogen) atoms. The van der Waals surface area contributed by atoms with Crippen molar-refractivity contribution in [3.05, 3.63) is 21.9 Å². The minimum absolute atomic E-state index is 0.0953. The van der Waals surface area contributed by atoms with Gasteiger partial charge < -0.3 is 20.2 Å². The molecule has 0 aliphatic rings. The summed E-state index contributed by atoms with van der Waals surface area (Å²) in [5, 5.41) is 17.4. The number of carbonyl (C=O) groups is 1. The van der Waals surface area contributed by atoms with Crippen molar-refractivity contribution in [2.45, 2.75) is 46.8 Å². The first kappa shape index (κ1) is 18.1. The Morgan fingerprint density at radius 3 is 2.73 bits per heavy atom. The van der Waals surface area contributed by atoms with Gasteiger partial charge in [-0.3, -0.25) is 4.79 Å². The van der Waals surface area contributed by atoms with Crippen molar-refractivity contribution in [1.82, 2.24) is 15.1 Å². The highest BCUT2D eigenvalue weighted by Crippen LogP contribution is 2.12. The van der Waals surface area contributed by atoms with Crippen molar-refractivity contribution in [3.8, 4) is 0 Å². The summed E-state index contributed by atoms with van der Waals surface area (Å²) in [5.41, 5.74) is 0.664. The van der Waals surface area contributed by atoms with Crippen molar-refractivity contribution in [3.63, 3.8) is 0 Å². The van der Waals surface area contributed by atoms with E-state index < -0.39 is 4.92 Å². The fourth-order valence-electron chi connectivity index (χ4n) is 1.89. The maximum absolute atomic E-state index is 12.0. The third kappa shape index (κ3) is 5.80. The van der Waals surface area contributed by atoms with Gasteiger partial charge in [0.25, 0.3) is 0 Å². The van der Waals surface area contributed by atoms with Gasteiger partial charge in [0.05, 0.1) is 35.4 Å². The monoisotopic (exact) mass is 312 g/mol. The fraction of sp³-hybridized carbons (Fsp3) is 0.714. The summed E-state index contributed by atoms with van der Waals surface area (Å²) in [6.07, 6.45) is 0.941. The summed E-state index contributed by atoms with van der Waals surface area (Å²) >= 11 is 0. The van der Waals surface area contributed by atoms with E-state index in [1.165, 1.54) is 10.7 Å². The maximum Gasteiger partial charge on any atom is 0.390 e. The van der Waals surface area contributed by atoms with E-state index in [0.717, 1.165) is 6.42 Å². The molecule has 1 atom stereocenters. The van der Waals surface area contributed by atoms with Crippen molar-refractivity contribution < 1.29 is 14.5 Å². The molecule has 0 aliphatic heterocycles. The molecule has 1 aromatic rings. The van der Waals surface area contributed by atoms with Gasteiger partial charge in [0, 0.05) is 13.2 Å². The lowest BCUT2D eigenvalue weighted by Crippen LogP contribution is -2.33. The molecule has 0 saturated heterocycles. The normalized spacial score (nSPS) is 12.4. The summed E-state index contributed by atoms with van der Waals surface area (Å²) in [7, 11) is 0. The van der Waals surface area contributed by atoms with E-state index in [2.05, 4.69) is 10.4 Å². The fourth-order valence-corrected chi connectivity index (χ4v) is 1.89. The van der Waals surface area contributed by atoms with Crippen LogP contribution >= 0.6 is 0 Å². The summed E-state index contributed by atoms with van der Waals surface area (Å²) in [5.74, 6) is -0.609. The average molecular weight is 312 g/mol. The molecule has 0 fully saturated rings. The van der Waals surface area contributed by atoms with Crippen molar-refractivity contribution in [2.24, 2.45) is 5.92 Å². The zero-order valence-corrected chi connectivity index (χ0v) is 13.5. The Labute approximate surface area is 130 Å². The molecule has 1 unspecified atom stereocenters. The van der Waals surface area contributed by atoms with Gasteiger partial charge >= 0.3 is 5.82 Å². The predicted octanol–water partition coefficient (Wildman–Crippen LogP) is 1.67. The summed E-state index contributed by atoms with van der Waals surface area (Å²) in [4.78, 5) is 22.1. The summed E-state index contributed by atoms with van der Waals surface area (Å²) < 4.78 is 6.88. The molecule has 0 saturated carbocycles. The van der Waals surface area contributed by atoms with Crippen LogP contribution in [0.25, 0.3) is 0 Å². The van der Waals surface area contributed by atoms with Crippen LogP contribution in [0, 0.1) is 23.0 Å². The molecule has 0 spiro atoms. The second-order valence-electron chi connectivity index (χ2n) is 5.55. The number of hydrogen-bond acceptors (Lipinski definition) is 5. The minimum atomic E-state index is -0.539. The number of hydrogen-bond donors (Lipinski definition) is 1. The largest absolute Gasteiger partial charge is 0.390 e. The highest BCUT2D eigenvalue weighted by atomic mass is 16.6. The Balaban J connectivity index is 2.39. The van der Waals surface area contributed by atoms with Crippen molar-refractivity contribution in [2.75, 3.05) is 13.2 Å². The Bertz CT molecular complexity index is 513. The number of carbonyl (C=O) groups excluding carboxylic acids is 1. The molecule has 124 valence electrons. The molecule has 1 N–H and O–H groups in total. The van der Waals surface area contributed by atoms with Crippen LogP contribution in [-0.4, -0.2) is 39.9 Å². The lowest BCUT2D eigenvalue weighted by Gasteiger charge is -2.12. The van der Waals surface area contributed by atoms with Crippen molar-refractivity contribution >= 4 is 11.7 Å². The van der Waals surface area contributed by atoms with Crippen LogP contribution in [-0.2, 0) is 16.1 Å². The smallest absolute Gasteiger partial charge is 0.379 e. The first-order valence-corrected chi connectivity index (χ1v) is 7.39. The predicted molar refractivity (Wildman–Crippen MR) is 81.5 cm³/mol. The lowest BCUT2D eigenvalue weighted by atomic mass is 10.1. The van der Waals surface area contributed by atoms with E-state index >= 15 is 0 Å². The first-order chi connectivity index (χ1) is 10.3. The maximum atomic E-state index is 12.0. The van der Waals surface area contributed by atoms with Crippen LogP contribution in [0.3, 0.4) is 0 Å². The van der Waals surface area contributed by atoms with Gasteiger partial charge in [0.1, 0.15) is 0 Å². The zero-order chi connectivity index (χ0) is 16.7. The Morgan fingerprint density at radius 1 is 1.50 bits per heavy atom. The van der Waals surface area contributed by atoms with Gasteiger partial charge in [0.2, 0.25) is 5.91 Å². The Hall–Kier alpha value is -1.96. The van der Waals surface area contributed by atoms with Crippen LogP contribution in [0.15, 0.2) is 6.07 Å². The van der Waals surface area contributed by atoms with Gasteiger partial charge in [-0.1, -0.05) is 6.92 Å². The van der Waals surface area contributed by atoms with Crippen LogP contribution in [0.5, 0.6) is 0 Å². The van der Waals surface area contributed by atoms with Crippen LogP contribution in [0.1, 0.15) is 32.9 Å². The van der Waals surface area contributed by atoms with E-state index in [1.807, 2.05) is 13.8 Å². The van der Waals surface area contributed by atoms with Crippen LogP contribution < -0.4 is 5.32 Å². The molecular weight excluding hydrogens is 288 g/mol. The molecule has 0 aliphatic carbocycles. The number of nitrogens with one attached hydrogen (secondary N) is 1. The van der Waals surface area contributed by atoms with Gasteiger partial charge in [-0.2, -0.15) is 4.68 Å². The number of ether oxygens (including phenoxy) is 1. The molecular formula is C14H24N4O4. The lowest BCUT2D eigenvalue weighted by molar-refractivity contribution is -0.389. The highest BCUT2D eigenvalue weighted by molar-refractivity contribution is 5.78. The van der Waals surface area contributed by atoms with Crippen LogP contribution in [0.4, 0.5) is 5.82 Å². The quantitative estimate of drug-likeness (QED) is 0.425. The third-order valence-corrected chi connectivity index (χ3v) is 3.12. The Kier molecular flexibility index (Phi) is 6.97. The Morgan fingerprint density at radius 2 is 2.18 bits per heavy atom. The van der Waals surface area contributed by atoms with Gasteiger partial charge in [-0.15, -0.1) is 0 Å². The number of amides is 1. The molecule has 1 amide bonds. The summed E-state index contributed by atoms with van der Waals surface area (Å²) in [6, 6.07) is 1.40. The van der Waals surface area contributed by atoms with Gasteiger partial charge in [-0.25, -0.2) is 0 Å². The molecule has 0 aromatic carbocycles. The van der Waals surface area contributed by atoms with E-state index in [1.54, 1.807) is 13.8 Å². The minimum Gasteiger partial charge on any atom is -0.379 e. The second kappa shape index (κ2) is 8.47. The number of aromatic nitrogens is 2. The highest BCUT2D eigenvalue weighted by Gasteiger charge is 2.20. The summed E-state index contributed by atoms with van der Waals surface area (Å²) in [6.45, 7) is 8.90. The van der Waals surface area contributed by atoms with E-state index in [0.29, 0.717) is 25.4 Å². The van der Waals surface area contributed by atoms with E-state index in [-0.39, 0.29) is 23.7 Å². The van der Waals surface area contributed by atoms with Gasteiger partial charge in [0.15, 0.2) is 0 Å². The van der Waals surface area contributed by atoms with E-state index in [4.69, 9.17) is 4.74 Å². The third-order valence-electron chi connectivity index (χ3n) is 3.12. The number of nitro groups is 1. The number of rotatable bonds is 9. The van der Waals surface area contributed by atoms with Crippen molar-refractivity contribution in [1.29, 1.82) is 0 Å². The topological polar surface area (TPSA) is 99.3 Å². The van der Waals surface area contributed by atoms with Crippen LogP contribution in [0.2, 0.25) is 0 Å². The molecule has 0 radical (unpaired) electrons. The first-order valence-electron chi connectivity index (χ1n) is 7.39.